The van der Waals surface area contributed by atoms with E-state index >= 15 is 0 Å². The van der Waals surface area contributed by atoms with Gasteiger partial charge in [-0.05, 0) is 67.9 Å². The second-order valence-corrected chi connectivity index (χ2v) is 11.1. The number of alkyl halides is 2. The van der Waals surface area contributed by atoms with Crippen LogP contribution in [-0.4, -0.2) is 28.1 Å². The van der Waals surface area contributed by atoms with E-state index in [2.05, 4.69) is 21.2 Å². The van der Waals surface area contributed by atoms with Gasteiger partial charge in [0, 0.05) is 21.3 Å². The number of benzene rings is 4. The average molecular weight is 640 g/mol. The molecule has 1 N–H and O–H groups in total. The molecule has 1 aromatic heterocycles. The number of aromatic nitrogens is 2. The molecule has 3 heterocycles. The highest BCUT2D eigenvalue weighted by atomic mass is 79.9. The summed E-state index contributed by atoms with van der Waals surface area (Å²) in [5.74, 6) is 1.72. The second-order valence-electron chi connectivity index (χ2n) is 10.2. The third-order valence-electron chi connectivity index (χ3n) is 7.52. The molecule has 2 aliphatic heterocycles. The van der Waals surface area contributed by atoms with Crippen molar-refractivity contribution in [2.75, 3.05) is 10.2 Å². The van der Waals surface area contributed by atoms with E-state index in [-0.39, 0.29) is 5.75 Å². The molecule has 4 aromatic carbocycles. The van der Waals surface area contributed by atoms with Gasteiger partial charge in [-0.15, -0.1) is 0 Å². The lowest BCUT2D eigenvalue weighted by Crippen LogP contribution is -2.46. The van der Waals surface area contributed by atoms with Gasteiger partial charge in [-0.25, -0.2) is 14.7 Å². The van der Waals surface area contributed by atoms with Crippen LogP contribution in [0, 0.1) is 13.8 Å². The van der Waals surface area contributed by atoms with E-state index in [1.807, 2.05) is 108 Å². The van der Waals surface area contributed by atoms with Crippen molar-refractivity contribution >= 4 is 50.5 Å². The largest absolute Gasteiger partial charge is 0.434 e. The first kappa shape index (κ1) is 27.0. The van der Waals surface area contributed by atoms with Gasteiger partial charge >= 0.3 is 6.61 Å². The summed E-state index contributed by atoms with van der Waals surface area (Å²) < 4.78 is 35.3. The van der Waals surface area contributed by atoms with Gasteiger partial charge < -0.3 is 15.0 Å². The summed E-state index contributed by atoms with van der Waals surface area (Å²) in [6.45, 7) is 0.948. The Hall–Kier alpha value is -4.83. The Morgan fingerprint density at radius 1 is 0.837 bits per heavy atom. The number of ether oxygens (including phenoxy) is 1. The maximum Gasteiger partial charge on any atom is 0.387 e. The Labute approximate surface area is 255 Å². The molecule has 0 spiro atoms. The number of anilines is 2. The van der Waals surface area contributed by atoms with Crippen molar-refractivity contribution in [2.24, 2.45) is 9.98 Å². The summed E-state index contributed by atoms with van der Waals surface area (Å²) in [5.41, 5.74) is 6.27. The topological polar surface area (TPSA) is 67.0 Å². The maximum atomic E-state index is 13.7. The first-order chi connectivity index (χ1) is 20.9. The Morgan fingerprint density at radius 2 is 1.53 bits per heavy atom. The van der Waals surface area contributed by atoms with Crippen LogP contribution in [-0.2, 0) is 0 Å². The first-order valence-corrected chi connectivity index (χ1v) is 14.5. The third-order valence-corrected chi connectivity index (χ3v) is 8.05. The molecule has 0 radical (unpaired) electrons. The zero-order chi connectivity index (χ0) is 29.7. The standard InChI is InChI=1S/C33H25BrF2N6O/c1-19-9-3-6-12-25(19)42-31-28(20(2)40-42)29(23-10-4-8-14-27(23)43-33(35)36)41-26-13-7-5-11-24(26)38-30(32(41)39-31)37-22-17-15-21(34)16-18-22/h3-18,29,33H,1-2H3,(H,37,38)/t29-/m0/s1. The number of halogens is 3. The number of amidine groups is 2. The Bertz CT molecular complexity index is 1920. The molecular formula is C33H25BrF2N6O. The van der Waals surface area contributed by atoms with Crippen LogP contribution in [0.25, 0.3) is 5.69 Å². The summed E-state index contributed by atoms with van der Waals surface area (Å²) in [4.78, 5) is 12.2. The lowest BCUT2D eigenvalue weighted by atomic mass is 9.92. The SMILES string of the molecule is Cc1ccccc1-n1nc(C)c2c1N=C1C(Nc3ccc(Br)cc3)=Nc3ccccc3N1[C@H]2c1ccccc1OC(F)F. The molecule has 0 saturated heterocycles. The molecule has 7 rings (SSSR count). The molecule has 0 saturated carbocycles. The Morgan fingerprint density at radius 3 is 2.30 bits per heavy atom. The van der Waals surface area contributed by atoms with Crippen molar-refractivity contribution in [2.45, 2.75) is 26.5 Å². The van der Waals surface area contributed by atoms with E-state index in [9.17, 15) is 8.78 Å². The second kappa shape index (κ2) is 10.8. The molecule has 2 aliphatic rings. The van der Waals surface area contributed by atoms with Crippen LogP contribution in [0.5, 0.6) is 5.75 Å². The number of fused-ring (bicyclic) bond motifs is 4. The average Bonchev–Trinajstić information content (AvgIpc) is 3.33. The number of hydrogen-bond donors (Lipinski definition) is 1. The van der Waals surface area contributed by atoms with Crippen LogP contribution in [0.15, 0.2) is 112 Å². The van der Waals surface area contributed by atoms with Crippen molar-refractivity contribution in [3.05, 3.63) is 124 Å². The van der Waals surface area contributed by atoms with Crippen LogP contribution < -0.4 is 15.0 Å². The van der Waals surface area contributed by atoms with Gasteiger partial charge in [-0.3, -0.25) is 0 Å². The number of rotatable bonds is 5. The fourth-order valence-electron chi connectivity index (χ4n) is 5.64. The molecule has 0 fully saturated rings. The summed E-state index contributed by atoms with van der Waals surface area (Å²) >= 11 is 3.50. The smallest absolute Gasteiger partial charge is 0.387 e. The van der Waals surface area contributed by atoms with Gasteiger partial charge in [0.15, 0.2) is 17.5 Å². The summed E-state index contributed by atoms with van der Waals surface area (Å²) in [5, 5.41) is 8.40. The number of aryl methyl sites for hydroxylation is 2. The predicted molar refractivity (Wildman–Crippen MR) is 169 cm³/mol. The lowest BCUT2D eigenvalue weighted by molar-refractivity contribution is -0.0505. The highest BCUT2D eigenvalue weighted by Crippen LogP contribution is 2.50. The van der Waals surface area contributed by atoms with Gasteiger partial charge in [0.05, 0.1) is 28.8 Å². The Kier molecular flexibility index (Phi) is 6.78. The normalized spacial score (nSPS) is 15.3. The highest BCUT2D eigenvalue weighted by Gasteiger charge is 2.42. The number of aliphatic imine (C=N–C) groups is 2. The number of nitrogens with zero attached hydrogens (tertiary/aromatic N) is 5. The van der Waals surface area contributed by atoms with Crippen LogP contribution in [0.1, 0.15) is 28.4 Å². The van der Waals surface area contributed by atoms with Crippen LogP contribution >= 0.6 is 15.9 Å². The van der Waals surface area contributed by atoms with E-state index < -0.39 is 12.7 Å². The van der Waals surface area contributed by atoms with Gasteiger partial charge in [0.25, 0.3) is 0 Å². The van der Waals surface area contributed by atoms with Crippen LogP contribution in [0.2, 0.25) is 0 Å². The van der Waals surface area contributed by atoms with Gasteiger partial charge in [0.1, 0.15) is 5.75 Å². The molecule has 0 amide bonds. The van der Waals surface area contributed by atoms with Crippen molar-refractivity contribution in [3.63, 3.8) is 0 Å². The van der Waals surface area contributed by atoms with Crippen LogP contribution in [0.3, 0.4) is 0 Å². The summed E-state index contributed by atoms with van der Waals surface area (Å²) in [7, 11) is 0. The highest BCUT2D eigenvalue weighted by molar-refractivity contribution is 9.10. The number of nitrogens with one attached hydrogen (secondary N) is 1. The fraction of sp³-hybridized carbons (Fsp3) is 0.121. The minimum atomic E-state index is -2.99. The quantitative estimate of drug-likeness (QED) is 0.209. The molecule has 0 bridgehead atoms. The monoisotopic (exact) mass is 638 g/mol. The molecule has 5 aromatic rings. The summed E-state index contributed by atoms with van der Waals surface area (Å²) in [6.07, 6.45) is 0. The first-order valence-electron chi connectivity index (χ1n) is 13.7. The number of hydrogen-bond acceptors (Lipinski definition) is 6. The number of para-hydroxylation sites is 4. The van der Waals surface area contributed by atoms with E-state index in [4.69, 9.17) is 19.8 Å². The molecule has 7 nitrogen and oxygen atoms in total. The van der Waals surface area contributed by atoms with Gasteiger partial charge in [0.2, 0.25) is 0 Å². The minimum absolute atomic E-state index is 0.0835. The Balaban J connectivity index is 1.51. The van der Waals surface area contributed by atoms with Crippen molar-refractivity contribution < 1.29 is 13.5 Å². The van der Waals surface area contributed by atoms with Crippen molar-refractivity contribution in [1.29, 1.82) is 0 Å². The molecule has 43 heavy (non-hydrogen) atoms. The fourth-order valence-corrected chi connectivity index (χ4v) is 5.90. The molecule has 0 aliphatic carbocycles. The van der Waals surface area contributed by atoms with Crippen molar-refractivity contribution in [3.8, 4) is 11.4 Å². The zero-order valence-electron chi connectivity index (χ0n) is 23.2. The predicted octanol–water partition coefficient (Wildman–Crippen LogP) is 8.65. The van der Waals surface area contributed by atoms with E-state index in [1.165, 1.54) is 0 Å². The van der Waals surface area contributed by atoms with E-state index in [0.717, 1.165) is 38.4 Å². The van der Waals surface area contributed by atoms with Gasteiger partial charge in [-0.2, -0.15) is 13.9 Å². The summed E-state index contributed by atoms with van der Waals surface area (Å²) in [6, 6.07) is 29.7. The van der Waals surface area contributed by atoms with E-state index in [0.29, 0.717) is 28.7 Å². The molecule has 1 atom stereocenters. The van der Waals surface area contributed by atoms with Gasteiger partial charge in [-0.1, -0.05) is 64.5 Å². The van der Waals surface area contributed by atoms with Crippen molar-refractivity contribution in [1.82, 2.24) is 9.78 Å². The molecular weight excluding hydrogens is 614 g/mol. The minimum Gasteiger partial charge on any atom is -0.434 e. The van der Waals surface area contributed by atoms with E-state index in [1.54, 1.807) is 12.1 Å². The van der Waals surface area contributed by atoms with Crippen LogP contribution in [0.4, 0.5) is 31.7 Å². The zero-order valence-corrected chi connectivity index (χ0v) is 24.8. The molecule has 10 heteroatoms. The lowest BCUT2D eigenvalue weighted by Gasteiger charge is -2.41. The third kappa shape index (κ3) is 4.77. The molecule has 0 unspecified atom stereocenters. The molecule has 214 valence electrons. The maximum absolute atomic E-state index is 13.7.